The Hall–Kier alpha value is -0.440. The number of nitrogens with zero attached hydrogens (tertiary/aromatic N) is 2. The summed E-state index contributed by atoms with van der Waals surface area (Å²) in [7, 11) is 0. The highest BCUT2D eigenvalue weighted by Gasteiger charge is 2.11. The molecule has 0 saturated heterocycles. The van der Waals surface area contributed by atoms with Crippen LogP contribution < -0.4 is 0 Å². The van der Waals surface area contributed by atoms with Crippen LogP contribution in [0.1, 0.15) is 11.7 Å². The van der Waals surface area contributed by atoms with E-state index in [1.165, 1.54) is 17.7 Å². The molecule has 1 unspecified atom stereocenters. The molecule has 1 aromatic heterocycles. The van der Waals surface area contributed by atoms with Crippen LogP contribution in [0.3, 0.4) is 0 Å². The summed E-state index contributed by atoms with van der Waals surface area (Å²) in [4.78, 5) is 0. The van der Waals surface area contributed by atoms with Crippen LogP contribution in [0, 0.1) is 11.3 Å². The molecule has 0 amide bonds. The molecule has 0 radical (unpaired) electrons. The molecule has 0 aliphatic rings. The van der Waals surface area contributed by atoms with Crippen LogP contribution in [0.2, 0.25) is 0 Å². The summed E-state index contributed by atoms with van der Waals surface area (Å²) < 4.78 is 4.48. The van der Waals surface area contributed by atoms with Gasteiger partial charge in [-0.25, -0.2) is 0 Å². The fourth-order valence-corrected chi connectivity index (χ4v) is 1.58. The van der Waals surface area contributed by atoms with E-state index in [1.54, 1.807) is 6.07 Å². The van der Waals surface area contributed by atoms with Gasteiger partial charge in [0.05, 0.1) is 9.86 Å². The van der Waals surface area contributed by atoms with Crippen molar-refractivity contribution < 1.29 is 5.11 Å². The van der Waals surface area contributed by atoms with Gasteiger partial charge in [0.1, 0.15) is 0 Å². The average molecular weight is 219 g/mol. The monoisotopic (exact) mass is 218 g/mol. The Morgan fingerprint density at radius 2 is 2.60 bits per heavy atom. The molecule has 10 heavy (non-hydrogen) atoms. The summed E-state index contributed by atoms with van der Waals surface area (Å²) >= 11 is 4.36. The second kappa shape index (κ2) is 3.10. The molecule has 0 bridgehead atoms. The number of aromatic nitrogens is 1. The van der Waals surface area contributed by atoms with Crippen LogP contribution in [0.15, 0.2) is 9.98 Å². The van der Waals surface area contributed by atoms with Crippen LogP contribution in [0.5, 0.6) is 0 Å². The molecule has 3 nitrogen and oxygen atoms in total. The normalized spacial score (nSPS) is 12.5. The Labute approximate surface area is 70.2 Å². The minimum absolute atomic E-state index is 0.535. The standard InChI is InChI=1S/C5H3BrN2OS/c6-5-3(2-8-10-5)4(9)1-7/h2,4,9H. The SMILES string of the molecule is N#CC(O)c1cnsc1Br. The van der Waals surface area contributed by atoms with Gasteiger partial charge in [0.25, 0.3) is 0 Å². The summed E-state index contributed by atoms with van der Waals surface area (Å²) in [6.07, 6.45) is 0.413. The number of aliphatic hydroxyl groups excluding tert-OH is 1. The molecule has 1 N–H and O–H groups in total. The third-order valence-corrected chi connectivity index (χ3v) is 2.47. The molecule has 0 aliphatic carbocycles. The molecule has 0 saturated carbocycles. The first kappa shape index (κ1) is 7.66. The van der Waals surface area contributed by atoms with Crippen LogP contribution in [-0.2, 0) is 0 Å². The van der Waals surface area contributed by atoms with Crippen LogP contribution >= 0.6 is 27.5 Å². The highest BCUT2D eigenvalue weighted by atomic mass is 79.9. The van der Waals surface area contributed by atoms with Crippen molar-refractivity contribution in [2.24, 2.45) is 0 Å². The number of halogens is 1. The van der Waals surface area contributed by atoms with Gasteiger partial charge in [0.15, 0.2) is 6.10 Å². The van der Waals surface area contributed by atoms with E-state index in [0.29, 0.717) is 9.35 Å². The molecule has 0 spiro atoms. The minimum Gasteiger partial charge on any atom is -0.374 e. The van der Waals surface area contributed by atoms with Gasteiger partial charge >= 0.3 is 0 Å². The van der Waals surface area contributed by atoms with Gasteiger partial charge in [0, 0.05) is 11.8 Å². The Morgan fingerprint density at radius 3 is 3.00 bits per heavy atom. The average Bonchev–Trinajstić information content (AvgIpc) is 2.34. The molecule has 0 fully saturated rings. The molecule has 5 heteroatoms. The van der Waals surface area contributed by atoms with Gasteiger partial charge < -0.3 is 5.11 Å². The molecule has 52 valence electrons. The Balaban J connectivity index is 2.96. The molecular formula is C5H3BrN2OS. The third kappa shape index (κ3) is 1.34. The Bertz CT molecular complexity index is 267. The number of hydrogen-bond donors (Lipinski definition) is 1. The predicted molar refractivity (Wildman–Crippen MR) is 40.4 cm³/mol. The summed E-state index contributed by atoms with van der Waals surface area (Å²) in [5, 5.41) is 17.3. The smallest absolute Gasteiger partial charge is 0.169 e. The van der Waals surface area contributed by atoms with Gasteiger partial charge in [-0.1, -0.05) is 0 Å². The molecule has 0 aliphatic heterocycles. The Morgan fingerprint density at radius 1 is 1.90 bits per heavy atom. The van der Waals surface area contributed by atoms with Gasteiger partial charge in [-0.15, -0.1) is 0 Å². The first-order valence-electron chi connectivity index (χ1n) is 2.43. The molecule has 1 atom stereocenters. The van der Waals surface area contributed by atoms with Gasteiger partial charge in [0.2, 0.25) is 0 Å². The maximum Gasteiger partial charge on any atom is 0.169 e. The highest BCUT2D eigenvalue weighted by Crippen LogP contribution is 2.25. The molecule has 0 aromatic carbocycles. The van der Waals surface area contributed by atoms with Gasteiger partial charge in [-0.3, -0.25) is 0 Å². The van der Waals surface area contributed by atoms with Crippen molar-refractivity contribution in [1.82, 2.24) is 4.37 Å². The molecule has 1 aromatic rings. The number of nitriles is 1. The predicted octanol–water partition coefficient (Wildman–Crippen LogP) is 1.46. The maximum absolute atomic E-state index is 8.97. The topological polar surface area (TPSA) is 56.9 Å². The lowest BCUT2D eigenvalue weighted by Crippen LogP contribution is -1.90. The van der Waals surface area contributed by atoms with Crippen molar-refractivity contribution in [2.75, 3.05) is 0 Å². The van der Waals surface area contributed by atoms with Gasteiger partial charge in [-0.05, 0) is 27.5 Å². The zero-order valence-electron chi connectivity index (χ0n) is 4.78. The van der Waals surface area contributed by atoms with E-state index in [0.717, 1.165) is 0 Å². The van der Waals surface area contributed by atoms with Crippen molar-refractivity contribution in [3.63, 3.8) is 0 Å². The van der Waals surface area contributed by atoms with E-state index in [9.17, 15) is 0 Å². The summed E-state index contributed by atoms with van der Waals surface area (Å²) in [6.45, 7) is 0. The summed E-state index contributed by atoms with van der Waals surface area (Å²) in [5.41, 5.74) is 0.535. The number of hydrogen-bond acceptors (Lipinski definition) is 4. The lowest BCUT2D eigenvalue weighted by atomic mass is 10.2. The van der Waals surface area contributed by atoms with Crippen molar-refractivity contribution in [1.29, 1.82) is 5.26 Å². The maximum atomic E-state index is 8.97. The lowest BCUT2D eigenvalue weighted by Gasteiger charge is -1.94. The van der Waals surface area contributed by atoms with Crippen molar-refractivity contribution in [3.05, 3.63) is 15.5 Å². The van der Waals surface area contributed by atoms with Crippen molar-refractivity contribution >= 4 is 27.5 Å². The minimum atomic E-state index is -1.06. The van der Waals surface area contributed by atoms with Gasteiger partial charge in [-0.2, -0.15) is 9.64 Å². The quantitative estimate of drug-likeness (QED) is 0.727. The zero-order valence-corrected chi connectivity index (χ0v) is 7.19. The second-order valence-corrected chi connectivity index (χ2v) is 3.71. The van der Waals surface area contributed by atoms with Crippen LogP contribution in [0.25, 0.3) is 0 Å². The molecular weight excluding hydrogens is 216 g/mol. The van der Waals surface area contributed by atoms with Crippen LogP contribution in [-0.4, -0.2) is 9.48 Å². The highest BCUT2D eigenvalue weighted by molar-refractivity contribution is 9.11. The fraction of sp³-hybridized carbons (Fsp3) is 0.200. The van der Waals surface area contributed by atoms with E-state index in [4.69, 9.17) is 10.4 Å². The molecule has 1 heterocycles. The van der Waals surface area contributed by atoms with E-state index >= 15 is 0 Å². The van der Waals surface area contributed by atoms with Crippen LogP contribution in [0.4, 0.5) is 0 Å². The summed E-state index contributed by atoms with van der Waals surface area (Å²) in [6, 6.07) is 1.70. The van der Waals surface area contributed by atoms with Crippen molar-refractivity contribution in [3.8, 4) is 6.07 Å². The second-order valence-electron chi connectivity index (χ2n) is 1.59. The van der Waals surface area contributed by atoms with E-state index in [-0.39, 0.29) is 0 Å². The zero-order chi connectivity index (χ0) is 7.56. The third-order valence-electron chi connectivity index (χ3n) is 0.968. The fourth-order valence-electron chi connectivity index (χ4n) is 0.480. The van der Waals surface area contributed by atoms with E-state index in [2.05, 4.69) is 20.3 Å². The Kier molecular flexibility index (Phi) is 2.38. The lowest BCUT2D eigenvalue weighted by molar-refractivity contribution is 0.235. The summed E-state index contributed by atoms with van der Waals surface area (Å²) in [5.74, 6) is 0. The number of rotatable bonds is 1. The van der Waals surface area contributed by atoms with E-state index in [1.807, 2.05) is 0 Å². The molecule has 1 rings (SSSR count). The first-order chi connectivity index (χ1) is 4.75. The van der Waals surface area contributed by atoms with E-state index < -0.39 is 6.10 Å². The first-order valence-corrected chi connectivity index (χ1v) is 4.00. The van der Waals surface area contributed by atoms with Crippen molar-refractivity contribution in [2.45, 2.75) is 6.10 Å². The number of aliphatic hydroxyl groups is 1. The largest absolute Gasteiger partial charge is 0.374 e.